The van der Waals surface area contributed by atoms with Gasteiger partial charge in [0, 0.05) is 34.1 Å². The van der Waals surface area contributed by atoms with Gasteiger partial charge >= 0.3 is 0 Å². The van der Waals surface area contributed by atoms with Crippen molar-refractivity contribution in [2.24, 2.45) is 21.8 Å². The zero-order valence-corrected chi connectivity index (χ0v) is 34.7. The lowest BCUT2D eigenvalue weighted by atomic mass is 9.75. The molecule has 62 heavy (non-hydrogen) atoms. The van der Waals surface area contributed by atoms with E-state index in [4.69, 9.17) is 9.98 Å². The fraction of sp³-hybridized carbons (Fsp3) is 0.193. The van der Waals surface area contributed by atoms with Gasteiger partial charge in [0.15, 0.2) is 5.84 Å². The van der Waals surface area contributed by atoms with Gasteiger partial charge in [-0.15, -0.1) is 0 Å². The molecule has 0 saturated carbocycles. The maximum Gasteiger partial charge on any atom is 0.211 e. The maximum absolute atomic E-state index is 5.65. The Morgan fingerprint density at radius 3 is 2.19 bits per heavy atom. The molecule has 5 nitrogen and oxygen atoms in total. The Morgan fingerprint density at radius 2 is 1.29 bits per heavy atom. The maximum atomic E-state index is 5.65. The number of hydrogen-bond donors (Lipinski definition) is 1. The molecule has 5 aromatic rings. The van der Waals surface area contributed by atoms with Crippen LogP contribution in [0.3, 0.4) is 0 Å². The molecule has 1 N–H and O–H groups in total. The van der Waals surface area contributed by atoms with Crippen molar-refractivity contribution in [3.63, 3.8) is 0 Å². The van der Waals surface area contributed by atoms with Crippen molar-refractivity contribution >= 4 is 28.6 Å². The number of allylic oxidation sites excluding steroid dienone is 9. The second-order valence-electron chi connectivity index (χ2n) is 17.7. The third-order valence-electron chi connectivity index (χ3n) is 14.5. The van der Waals surface area contributed by atoms with E-state index in [1.807, 2.05) is 0 Å². The summed E-state index contributed by atoms with van der Waals surface area (Å²) in [6.45, 7) is 0. The van der Waals surface area contributed by atoms with E-state index in [9.17, 15) is 0 Å². The van der Waals surface area contributed by atoms with E-state index >= 15 is 0 Å². The summed E-state index contributed by atoms with van der Waals surface area (Å²) < 4.78 is 0. The largest absolute Gasteiger partial charge is 0.358 e. The first-order chi connectivity index (χ1) is 30.8. The molecule has 3 heterocycles. The molecule has 5 aromatic carbocycles. The average Bonchev–Trinajstić information content (AvgIpc) is 3.86. The van der Waals surface area contributed by atoms with Gasteiger partial charge in [-0.2, -0.15) is 4.99 Å². The van der Waals surface area contributed by atoms with Gasteiger partial charge < -0.3 is 10.2 Å². The van der Waals surface area contributed by atoms with Crippen LogP contribution >= 0.6 is 0 Å². The van der Waals surface area contributed by atoms with Gasteiger partial charge in [-0.25, -0.2) is 4.99 Å². The molecule has 5 unspecified atom stereocenters. The standard InChI is InChI=1S/C57H47N5/c1-2-17-36(18-3-1)40-24-10-11-28-46(40)55-58-56(47-30-16-22-37-19-4-7-23-41(37)47)60-57(59-55)61-50-32-15-13-29-48(50)52-51(61)35-39-21-6-9-26-43(39)54(52)62-49-31-14-12-27-44(49)45-34-33-38-20-5-8-25-42(38)53(45)62/h1-4,6-13,16-19,21-30,33-35,45,52-54,56H,5,14-15,20,31-32H2,(H,58,59,60). The molecule has 5 aliphatic carbocycles. The van der Waals surface area contributed by atoms with Crippen molar-refractivity contribution in [2.45, 2.75) is 56.8 Å². The molecule has 5 atom stereocenters. The van der Waals surface area contributed by atoms with Crippen LogP contribution in [0.25, 0.3) is 28.0 Å². The molecular formula is C57H47N5. The van der Waals surface area contributed by atoms with Crippen molar-refractivity contribution in [3.05, 3.63) is 232 Å². The van der Waals surface area contributed by atoms with Crippen LogP contribution in [-0.2, 0) is 0 Å². The number of nitrogens with one attached hydrogen (secondary N) is 1. The summed E-state index contributed by atoms with van der Waals surface area (Å²) in [6.07, 6.45) is 28.0. The molecule has 0 aromatic heterocycles. The summed E-state index contributed by atoms with van der Waals surface area (Å²) in [5.41, 5.74) is 17.3. The number of amidine groups is 1. The first kappa shape index (κ1) is 35.7. The number of aliphatic imine (C=N–C) groups is 2. The van der Waals surface area contributed by atoms with Crippen molar-refractivity contribution in [1.29, 1.82) is 0 Å². The SMILES string of the molecule is C1=CC2=C(C=CC3C4=C(CCC=C4)N(C4c5ccccc5C=C5C4C4=C(CCC=C4)N5C4=NC(c5ccccc5-c5ccccc5)=NC(c5cccc6ccccc56)N4)C23)CC1. The summed E-state index contributed by atoms with van der Waals surface area (Å²) in [4.78, 5) is 16.6. The third-order valence-corrected chi connectivity index (χ3v) is 14.5. The van der Waals surface area contributed by atoms with E-state index in [2.05, 4.69) is 191 Å². The van der Waals surface area contributed by atoms with Gasteiger partial charge in [0.2, 0.25) is 5.96 Å². The Labute approximate surface area is 363 Å². The van der Waals surface area contributed by atoms with Crippen molar-refractivity contribution in [1.82, 2.24) is 15.1 Å². The van der Waals surface area contributed by atoms with E-state index in [0.29, 0.717) is 5.92 Å². The highest BCUT2D eigenvalue weighted by atomic mass is 15.4. The van der Waals surface area contributed by atoms with Crippen molar-refractivity contribution < 1.29 is 0 Å². The minimum Gasteiger partial charge on any atom is -0.358 e. The van der Waals surface area contributed by atoms with Crippen LogP contribution in [0, 0.1) is 11.8 Å². The lowest BCUT2D eigenvalue weighted by Gasteiger charge is -2.46. The van der Waals surface area contributed by atoms with E-state index in [-0.39, 0.29) is 24.2 Å². The highest BCUT2D eigenvalue weighted by Crippen LogP contribution is 2.59. The van der Waals surface area contributed by atoms with Crippen molar-refractivity contribution in [3.8, 4) is 11.1 Å². The van der Waals surface area contributed by atoms with Gasteiger partial charge in [-0.05, 0) is 99.9 Å². The molecule has 300 valence electrons. The number of hydrogen-bond acceptors (Lipinski definition) is 5. The topological polar surface area (TPSA) is 43.2 Å². The second-order valence-corrected chi connectivity index (χ2v) is 17.7. The summed E-state index contributed by atoms with van der Waals surface area (Å²) in [7, 11) is 0. The first-order valence-electron chi connectivity index (χ1n) is 22.6. The van der Waals surface area contributed by atoms with E-state index < -0.39 is 0 Å². The number of guanidine groups is 1. The monoisotopic (exact) mass is 801 g/mol. The number of fused-ring (bicyclic) bond motifs is 7. The van der Waals surface area contributed by atoms with Gasteiger partial charge in [-0.3, -0.25) is 4.90 Å². The Bertz CT molecular complexity index is 3030. The van der Waals surface area contributed by atoms with Crippen LogP contribution < -0.4 is 5.32 Å². The zero-order valence-electron chi connectivity index (χ0n) is 34.7. The van der Waals surface area contributed by atoms with Crippen molar-refractivity contribution in [2.75, 3.05) is 0 Å². The highest BCUT2D eigenvalue weighted by molar-refractivity contribution is 6.12. The molecule has 0 fully saturated rings. The second kappa shape index (κ2) is 14.3. The third kappa shape index (κ3) is 5.47. The molecule has 0 radical (unpaired) electrons. The average molecular weight is 802 g/mol. The van der Waals surface area contributed by atoms with E-state index in [0.717, 1.165) is 72.6 Å². The summed E-state index contributed by atoms with van der Waals surface area (Å²) in [5.74, 6) is 2.03. The molecular weight excluding hydrogens is 755 g/mol. The first-order valence-corrected chi connectivity index (χ1v) is 22.6. The lowest BCUT2D eigenvalue weighted by molar-refractivity contribution is 0.173. The van der Waals surface area contributed by atoms with Gasteiger partial charge in [-0.1, -0.05) is 170 Å². The van der Waals surface area contributed by atoms with Crippen LogP contribution in [0.15, 0.2) is 219 Å². The fourth-order valence-corrected chi connectivity index (χ4v) is 11.9. The van der Waals surface area contributed by atoms with E-state index in [1.54, 1.807) is 0 Å². The molecule has 3 aliphatic heterocycles. The smallest absolute Gasteiger partial charge is 0.211 e. The Hall–Kier alpha value is -6.98. The Morgan fingerprint density at radius 1 is 0.581 bits per heavy atom. The molecule has 0 saturated heterocycles. The molecule has 13 rings (SSSR count). The fourth-order valence-electron chi connectivity index (χ4n) is 11.9. The summed E-state index contributed by atoms with van der Waals surface area (Å²) in [5, 5.41) is 6.39. The molecule has 8 aliphatic rings. The minimum atomic E-state index is -0.361. The van der Waals surface area contributed by atoms with Gasteiger partial charge in [0.05, 0.1) is 18.0 Å². The summed E-state index contributed by atoms with van der Waals surface area (Å²) in [6, 6.07) is 44.2. The van der Waals surface area contributed by atoms with Gasteiger partial charge in [0.25, 0.3) is 0 Å². The van der Waals surface area contributed by atoms with Crippen LogP contribution in [0.2, 0.25) is 0 Å². The lowest BCUT2D eigenvalue weighted by Crippen LogP contribution is -2.46. The normalized spacial score (nSPS) is 25.4. The highest BCUT2D eigenvalue weighted by Gasteiger charge is 2.53. The molecule has 0 spiro atoms. The number of rotatable bonds is 4. The zero-order chi connectivity index (χ0) is 40.7. The van der Waals surface area contributed by atoms with Crippen LogP contribution in [0.5, 0.6) is 0 Å². The molecule has 5 heteroatoms. The number of benzene rings is 5. The minimum absolute atomic E-state index is 0.107. The van der Waals surface area contributed by atoms with Gasteiger partial charge in [0.1, 0.15) is 6.17 Å². The number of nitrogens with zero attached hydrogens (tertiary/aromatic N) is 4. The van der Waals surface area contributed by atoms with Crippen LogP contribution in [0.1, 0.15) is 73.0 Å². The molecule has 0 amide bonds. The van der Waals surface area contributed by atoms with Crippen LogP contribution in [-0.4, -0.2) is 27.6 Å². The predicted octanol–water partition coefficient (Wildman–Crippen LogP) is 12.7. The predicted molar refractivity (Wildman–Crippen MR) is 253 cm³/mol. The Kier molecular flexibility index (Phi) is 8.25. The van der Waals surface area contributed by atoms with E-state index in [1.165, 1.54) is 61.3 Å². The Balaban J connectivity index is 1.01. The van der Waals surface area contributed by atoms with Crippen LogP contribution in [0.4, 0.5) is 0 Å². The quantitative estimate of drug-likeness (QED) is 0.197. The summed E-state index contributed by atoms with van der Waals surface area (Å²) >= 11 is 0. The molecule has 0 bridgehead atoms.